The van der Waals surface area contributed by atoms with Crippen LogP contribution >= 0.6 is 11.3 Å². The Kier molecular flexibility index (Phi) is 3.84. The van der Waals surface area contributed by atoms with Crippen LogP contribution in [0.15, 0.2) is 60.1 Å². The highest BCUT2D eigenvalue weighted by atomic mass is 32.1. The number of para-hydroxylation sites is 1. The van der Waals surface area contributed by atoms with Crippen molar-refractivity contribution in [2.24, 2.45) is 0 Å². The lowest BCUT2D eigenvalue weighted by Crippen LogP contribution is -2.36. The zero-order chi connectivity index (χ0) is 17.5. The summed E-state index contributed by atoms with van der Waals surface area (Å²) in [6.07, 6.45) is 2.78. The second-order valence-corrected chi connectivity index (χ2v) is 7.61. The molecule has 130 valence electrons. The highest BCUT2D eigenvalue weighted by Crippen LogP contribution is 2.39. The minimum Gasteiger partial charge on any atom is -0.357 e. The molecule has 0 saturated carbocycles. The van der Waals surface area contributed by atoms with Gasteiger partial charge in [0.1, 0.15) is 10.8 Å². The predicted molar refractivity (Wildman–Crippen MR) is 103 cm³/mol. The van der Waals surface area contributed by atoms with E-state index in [0.717, 1.165) is 41.3 Å². The molecule has 3 heterocycles. The van der Waals surface area contributed by atoms with Crippen LogP contribution in [0.1, 0.15) is 27.9 Å². The number of nitrogens with one attached hydrogen (secondary N) is 1. The van der Waals surface area contributed by atoms with Crippen LogP contribution < -0.4 is 0 Å². The zero-order valence-electron chi connectivity index (χ0n) is 14.2. The third-order valence-electron chi connectivity index (χ3n) is 5.16. The van der Waals surface area contributed by atoms with Crippen molar-refractivity contribution in [2.75, 3.05) is 6.54 Å². The van der Waals surface area contributed by atoms with Crippen molar-refractivity contribution in [3.63, 3.8) is 0 Å². The van der Waals surface area contributed by atoms with Crippen LogP contribution in [-0.4, -0.2) is 21.4 Å². The zero-order valence-corrected chi connectivity index (χ0v) is 15.0. The molecule has 0 fully saturated rings. The lowest BCUT2D eigenvalue weighted by Gasteiger charge is -2.35. The van der Waals surface area contributed by atoms with Crippen LogP contribution in [0.5, 0.6) is 0 Å². The first-order valence-corrected chi connectivity index (χ1v) is 9.65. The molecule has 0 aliphatic carbocycles. The Labute approximate surface area is 155 Å². The lowest BCUT2D eigenvalue weighted by molar-refractivity contribution is 0.198. The highest BCUT2D eigenvalue weighted by Gasteiger charge is 2.33. The van der Waals surface area contributed by atoms with Crippen molar-refractivity contribution in [3.05, 3.63) is 87.8 Å². The third kappa shape index (κ3) is 2.55. The fraction of sp³-hybridized carbons (Fsp3) is 0.190. The van der Waals surface area contributed by atoms with Crippen LogP contribution in [0.2, 0.25) is 0 Å². The van der Waals surface area contributed by atoms with Crippen LogP contribution in [0.3, 0.4) is 0 Å². The molecule has 1 aliphatic rings. The second kappa shape index (κ2) is 6.34. The van der Waals surface area contributed by atoms with Crippen molar-refractivity contribution >= 4 is 22.2 Å². The van der Waals surface area contributed by atoms with Gasteiger partial charge in [0, 0.05) is 40.3 Å². The molecule has 2 aromatic heterocycles. The Balaban J connectivity index is 1.67. The first-order chi connectivity index (χ1) is 12.8. The van der Waals surface area contributed by atoms with E-state index in [1.807, 2.05) is 29.8 Å². The van der Waals surface area contributed by atoms with Gasteiger partial charge in [0.15, 0.2) is 0 Å². The molecule has 3 nitrogen and oxygen atoms in total. The maximum Gasteiger partial charge on any atom is 0.128 e. The predicted octanol–water partition coefficient (Wildman–Crippen LogP) is 4.91. The van der Waals surface area contributed by atoms with Gasteiger partial charge < -0.3 is 4.98 Å². The summed E-state index contributed by atoms with van der Waals surface area (Å²) < 4.78 is 14.7. The SMILES string of the molecule is Fc1ccccc1C1c2[nH]c3ccccc3c2CCN1Cc1nccs1. The summed E-state index contributed by atoms with van der Waals surface area (Å²) in [5.74, 6) is -0.159. The molecule has 0 bridgehead atoms. The quantitative estimate of drug-likeness (QED) is 0.561. The van der Waals surface area contributed by atoms with Crippen LogP contribution in [0.4, 0.5) is 4.39 Å². The molecule has 1 N–H and O–H groups in total. The van der Waals surface area contributed by atoms with E-state index in [-0.39, 0.29) is 11.9 Å². The van der Waals surface area contributed by atoms with Crippen molar-refractivity contribution in [2.45, 2.75) is 19.0 Å². The van der Waals surface area contributed by atoms with Crippen LogP contribution in [-0.2, 0) is 13.0 Å². The molecule has 5 rings (SSSR count). The number of halogens is 1. The Morgan fingerprint density at radius 2 is 2.00 bits per heavy atom. The fourth-order valence-corrected chi connectivity index (χ4v) is 4.66. The second-order valence-electron chi connectivity index (χ2n) is 6.63. The van der Waals surface area contributed by atoms with E-state index in [2.05, 4.69) is 33.1 Å². The van der Waals surface area contributed by atoms with E-state index < -0.39 is 0 Å². The van der Waals surface area contributed by atoms with Crippen molar-refractivity contribution in [1.82, 2.24) is 14.9 Å². The summed E-state index contributed by atoms with van der Waals surface area (Å²) in [4.78, 5) is 10.3. The maximum absolute atomic E-state index is 14.7. The summed E-state index contributed by atoms with van der Waals surface area (Å²) in [5.41, 5.74) is 4.26. The number of nitrogens with zero attached hydrogens (tertiary/aromatic N) is 2. The summed E-state index contributed by atoms with van der Waals surface area (Å²) >= 11 is 1.65. The van der Waals surface area contributed by atoms with Gasteiger partial charge in [-0.3, -0.25) is 4.90 Å². The highest BCUT2D eigenvalue weighted by molar-refractivity contribution is 7.09. The Morgan fingerprint density at radius 3 is 2.85 bits per heavy atom. The number of benzene rings is 2. The van der Waals surface area contributed by atoms with Gasteiger partial charge in [-0.1, -0.05) is 36.4 Å². The molecular formula is C21H18FN3S. The number of H-pyrrole nitrogens is 1. The number of fused-ring (bicyclic) bond motifs is 3. The van der Waals surface area contributed by atoms with Gasteiger partial charge >= 0.3 is 0 Å². The smallest absolute Gasteiger partial charge is 0.128 e. The molecular weight excluding hydrogens is 345 g/mol. The molecule has 1 aliphatic heterocycles. The van der Waals surface area contributed by atoms with E-state index in [9.17, 15) is 4.39 Å². The third-order valence-corrected chi connectivity index (χ3v) is 5.92. The monoisotopic (exact) mass is 363 g/mol. The summed E-state index contributed by atoms with van der Waals surface area (Å²) in [5, 5.41) is 4.30. The first-order valence-electron chi connectivity index (χ1n) is 8.77. The average molecular weight is 363 g/mol. The summed E-state index contributed by atoms with van der Waals surface area (Å²) in [7, 11) is 0. The van der Waals surface area contributed by atoms with E-state index >= 15 is 0 Å². The largest absolute Gasteiger partial charge is 0.357 e. The van der Waals surface area contributed by atoms with Gasteiger partial charge in [0.2, 0.25) is 0 Å². The summed E-state index contributed by atoms with van der Waals surface area (Å²) in [6.45, 7) is 1.61. The number of thiazole rings is 1. The summed E-state index contributed by atoms with van der Waals surface area (Å²) in [6, 6.07) is 15.3. The van der Waals surface area contributed by atoms with Gasteiger partial charge in [-0.05, 0) is 24.1 Å². The molecule has 0 spiro atoms. The Bertz CT molecular complexity index is 1050. The van der Waals surface area contributed by atoms with E-state index in [1.165, 1.54) is 10.9 Å². The lowest BCUT2D eigenvalue weighted by atomic mass is 9.92. The van der Waals surface area contributed by atoms with Gasteiger partial charge in [-0.15, -0.1) is 11.3 Å². The molecule has 26 heavy (non-hydrogen) atoms. The number of aromatic nitrogens is 2. The topological polar surface area (TPSA) is 31.9 Å². The molecule has 1 atom stereocenters. The molecule has 2 aromatic carbocycles. The molecule has 4 aromatic rings. The fourth-order valence-electron chi connectivity index (χ4n) is 4.01. The van der Waals surface area contributed by atoms with Crippen molar-refractivity contribution in [1.29, 1.82) is 0 Å². The Hall–Kier alpha value is -2.50. The van der Waals surface area contributed by atoms with Gasteiger partial charge in [-0.25, -0.2) is 9.37 Å². The standard InChI is InChI=1S/C21H18FN3S/c22-17-7-3-1-6-16(17)21-20-15(14-5-2-4-8-18(14)24-20)9-11-25(21)13-19-23-10-12-26-19/h1-8,10,12,21,24H,9,11,13H2. The molecule has 0 radical (unpaired) electrons. The first kappa shape index (κ1) is 15.7. The number of hydrogen-bond donors (Lipinski definition) is 1. The van der Waals surface area contributed by atoms with Gasteiger partial charge in [0.25, 0.3) is 0 Å². The van der Waals surface area contributed by atoms with E-state index in [1.54, 1.807) is 23.5 Å². The average Bonchev–Trinajstić information content (AvgIpc) is 3.30. The molecule has 5 heteroatoms. The minimum absolute atomic E-state index is 0.128. The number of aromatic amines is 1. The number of hydrogen-bond acceptors (Lipinski definition) is 3. The number of rotatable bonds is 3. The van der Waals surface area contributed by atoms with Crippen LogP contribution in [0.25, 0.3) is 10.9 Å². The maximum atomic E-state index is 14.7. The van der Waals surface area contributed by atoms with Crippen molar-refractivity contribution < 1.29 is 4.39 Å². The molecule has 0 saturated heterocycles. The van der Waals surface area contributed by atoms with Crippen LogP contribution in [0, 0.1) is 5.82 Å². The van der Waals surface area contributed by atoms with Gasteiger partial charge in [0.05, 0.1) is 12.6 Å². The Morgan fingerprint density at radius 1 is 1.15 bits per heavy atom. The molecule has 1 unspecified atom stereocenters. The normalized spacial score (nSPS) is 17.5. The van der Waals surface area contributed by atoms with Crippen molar-refractivity contribution in [3.8, 4) is 0 Å². The molecule has 0 amide bonds. The van der Waals surface area contributed by atoms with E-state index in [4.69, 9.17) is 0 Å². The minimum atomic E-state index is -0.159. The van der Waals surface area contributed by atoms with E-state index in [0.29, 0.717) is 0 Å². The van der Waals surface area contributed by atoms with Gasteiger partial charge in [-0.2, -0.15) is 0 Å².